The minimum atomic E-state index is -1.20. The number of hydrogen-bond acceptors (Lipinski definition) is 5. The van der Waals surface area contributed by atoms with E-state index in [1.54, 1.807) is 0 Å². The Morgan fingerprint density at radius 2 is 1.83 bits per heavy atom. The van der Waals surface area contributed by atoms with Crippen molar-refractivity contribution in [1.29, 1.82) is 0 Å². The van der Waals surface area contributed by atoms with E-state index < -0.39 is 30.1 Å². The molecule has 132 valence electrons. The van der Waals surface area contributed by atoms with Crippen molar-refractivity contribution in [1.82, 2.24) is 10.2 Å². The van der Waals surface area contributed by atoms with Crippen LogP contribution < -0.4 is 5.32 Å². The maximum atomic E-state index is 12.3. The first-order chi connectivity index (χ1) is 10.8. The lowest BCUT2D eigenvalue weighted by molar-refractivity contribution is -0.139. The molecule has 0 saturated carbocycles. The van der Waals surface area contributed by atoms with Crippen LogP contribution in [0.5, 0.6) is 0 Å². The van der Waals surface area contributed by atoms with E-state index >= 15 is 0 Å². The summed E-state index contributed by atoms with van der Waals surface area (Å²) in [5.74, 6) is -1.48. The van der Waals surface area contributed by atoms with Crippen LogP contribution in [0.15, 0.2) is 0 Å². The summed E-state index contributed by atoms with van der Waals surface area (Å²) in [6, 6.07) is -0.555. The molecule has 3 unspecified atom stereocenters. The number of rotatable bonds is 9. The first-order valence-electron chi connectivity index (χ1n) is 7.86. The van der Waals surface area contributed by atoms with Gasteiger partial charge in [-0.05, 0) is 24.7 Å². The summed E-state index contributed by atoms with van der Waals surface area (Å²) in [7, 11) is 0. The smallest absolute Gasteiger partial charge is 0.336 e. The molecule has 8 nitrogen and oxygen atoms in total. The van der Waals surface area contributed by atoms with Gasteiger partial charge in [0, 0.05) is 19.7 Å². The molecule has 3 amide bonds. The Balaban J connectivity index is 2.59. The van der Waals surface area contributed by atoms with Crippen LogP contribution >= 0.6 is 0 Å². The second-order valence-corrected chi connectivity index (χ2v) is 6.30. The number of nitrogens with zero attached hydrogens (tertiary/aromatic N) is 1. The number of carbonyl (C=O) groups excluding carboxylic acids is 2. The van der Waals surface area contributed by atoms with Crippen molar-refractivity contribution in [2.75, 3.05) is 19.7 Å². The van der Waals surface area contributed by atoms with Crippen LogP contribution in [0.4, 0.5) is 4.79 Å². The number of amides is 3. The van der Waals surface area contributed by atoms with Crippen molar-refractivity contribution in [3.8, 4) is 0 Å². The Labute approximate surface area is 135 Å². The van der Waals surface area contributed by atoms with Gasteiger partial charge in [-0.15, -0.1) is 0 Å². The zero-order chi connectivity index (χ0) is 17.6. The molecule has 0 spiro atoms. The van der Waals surface area contributed by atoms with Crippen LogP contribution in [0.1, 0.15) is 33.6 Å². The van der Waals surface area contributed by atoms with Crippen molar-refractivity contribution in [3.63, 3.8) is 0 Å². The maximum Gasteiger partial charge on any atom is 0.336 e. The summed E-state index contributed by atoms with van der Waals surface area (Å²) < 4.78 is 4.83. The fraction of sp³-hybridized carbons (Fsp3) is 0.800. The number of carbonyl (C=O) groups is 3. The van der Waals surface area contributed by atoms with E-state index in [9.17, 15) is 14.4 Å². The van der Waals surface area contributed by atoms with E-state index in [1.807, 2.05) is 20.8 Å². The van der Waals surface area contributed by atoms with Gasteiger partial charge in [-0.25, -0.2) is 9.59 Å². The van der Waals surface area contributed by atoms with Crippen LogP contribution in [0, 0.1) is 11.8 Å². The minimum Gasteiger partial charge on any atom is -0.479 e. The Hall–Kier alpha value is -1.67. The van der Waals surface area contributed by atoms with Gasteiger partial charge in [-0.1, -0.05) is 20.8 Å². The second kappa shape index (κ2) is 8.83. The number of nitrogens with one attached hydrogen (secondary N) is 1. The molecule has 0 aromatic heterocycles. The molecule has 1 aliphatic heterocycles. The number of hydrogen-bond donors (Lipinski definition) is 3. The highest BCUT2D eigenvalue weighted by Gasteiger charge is 2.53. The normalized spacial score (nSPS) is 20.9. The van der Waals surface area contributed by atoms with Crippen molar-refractivity contribution in [2.45, 2.75) is 45.8 Å². The second-order valence-electron chi connectivity index (χ2n) is 6.30. The molecule has 1 rings (SSSR count). The van der Waals surface area contributed by atoms with E-state index in [-0.39, 0.29) is 19.1 Å². The molecule has 1 saturated heterocycles. The van der Waals surface area contributed by atoms with Gasteiger partial charge in [-0.2, -0.15) is 0 Å². The number of epoxide rings is 1. The van der Waals surface area contributed by atoms with Gasteiger partial charge in [0.1, 0.15) is 0 Å². The number of carboxylic acid groups (broad SMARTS) is 1. The van der Waals surface area contributed by atoms with Crippen LogP contribution in [0.3, 0.4) is 0 Å². The lowest BCUT2D eigenvalue weighted by atomic mass is 10.1. The molecule has 0 radical (unpaired) electrons. The van der Waals surface area contributed by atoms with Crippen LogP contribution in [-0.4, -0.2) is 64.9 Å². The van der Waals surface area contributed by atoms with Crippen LogP contribution in [-0.2, 0) is 14.3 Å². The number of ether oxygens (including phenoxy) is 1. The molecular weight excluding hydrogens is 304 g/mol. The Kier molecular flexibility index (Phi) is 7.44. The standard InChI is InChI=1S/C15H26N2O6/c1-9(2)5-7-17(13(19)11-12(23-11)14(20)21)15(22)16-6-4-10(3)8-18/h9-12,18H,4-8H2,1-3H3,(H,16,22)(H,20,21). The van der Waals surface area contributed by atoms with Crippen molar-refractivity contribution < 1.29 is 29.3 Å². The fourth-order valence-electron chi connectivity index (χ4n) is 1.95. The molecule has 0 aromatic rings. The van der Waals surface area contributed by atoms with Crippen molar-refractivity contribution >= 4 is 17.9 Å². The third-order valence-corrected chi connectivity index (χ3v) is 3.64. The average molecular weight is 330 g/mol. The van der Waals surface area contributed by atoms with Gasteiger partial charge < -0.3 is 20.3 Å². The highest BCUT2D eigenvalue weighted by atomic mass is 16.6. The number of imide groups is 1. The third-order valence-electron chi connectivity index (χ3n) is 3.64. The molecular formula is C15H26N2O6. The number of aliphatic hydroxyl groups is 1. The van der Waals surface area contributed by atoms with Gasteiger partial charge in [0.2, 0.25) is 0 Å². The average Bonchev–Trinajstić information content (AvgIpc) is 3.27. The van der Waals surface area contributed by atoms with E-state index in [0.29, 0.717) is 25.3 Å². The maximum absolute atomic E-state index is 12.3. The molecule has 1 aliphatic rings. The molecule has 0 aromatic carbocycles. The summed E-state index contributed by atoms with van der Waals surface area (Å²) in [5.41, 5.74) is 0. The molecule has 23 heavy (non-hydrogen) atoms. The monoisotopic (exact) mass is 330 g/mol. The summed E-state index contributed by atoms with van der Waals surface area (Å²) in [5, 5.41) is 20.4. The molecule has 0 aliphatic carbocycles. The number of aliphatic carboxylic acids is 1. The number of carboxylic acids is 1. The first-order valence-corrected chi connectivity index (χ1v) is 7.86. The predicted octanol–water partition coefficient (Wildman–Crippen LogP) is 0.441. The van der Waals surface area contributed by atoms with E-state index in [0.717, 1.165) is 4.90 Å². The summed E-state index contributed by atoms with van der Waals surface area (Å²) in [4.78, 5) is 36.3. The quantitative estimate of drug-likeness (QED) is 0.528. The number of urea groups is 1. The van der Waals surface area contributed by atoms with Gasteiger partial charge >= 0.3 is 12.0 Å². The van der Waals surface area contributed by atoms with Crippen LogP contribution in [0.25, 0.3) is 0 Å². The van der Waals surface area contributed by atoms with Gasteiger partial charge in [0.05, 0.1) is 0 Å². The van der Waals surface area contributed by atoms with Crippen molar-refractivity contribution in [2.24, 2.45) is 11.8 Å². The summed E-state index contributed by atoms with van der Waals surface area (Å²) >= 11 is 0. The van der Waals surface area contributed by atoms with Gasteiger partial charge in [0.15, 0.2) is 12.2 Å². The largest absolute Gasteiger partial charge is 0.479 e. The topological polar surface area (TPSA) is 119 Å². The summed E-state index contributed by atoms with van der Waals surface area (Å²) in [6.45, 7) is 6.36. The Morgan fingerprint density at radius 1 is 1.17 bits per heavy atom. The zero-order valence-electron chi connectivity index (χ0n) is 13.8. The molecule has 1 heterocycles. The SMILES string of the molecule is CC(C)CCN(C(=O)NCCC(C)CO)C(=O)C1OC1C(=O)O. The zero-order valence-corrected chi connectivity index (χ0v) is 13.8. The molecule has 8 heteroatoms. The van der Waals surface area contributed by atoms with Gasteiger partial charge in [-0.3, -0.25) is 9.69 Å². The van der Waals surface area contributed by atoms with E-state index in [1.165, 1.54) is 0 Å². The molecule has 3 atom stereocenters. The van der Waals surface area contributed by atoms with Crippen LogP contribution in [0.2, 0.25) is 0 Å². The highest BCUT2D eigenvalue weighted by Crippen LogP contribution is 2.25. The first kappa shape index (κ1) is 19.4. The van der Waals surface area contributed by atoms with Crippen molar-refractivity contribution in [3.05, 3.63) is 0 Å². The molecule has 1 fully saturated rings. The van der Waals surface area contributed by atoms with Gasteiger partial charge in [0.25, 0.3) is 5.91 Å². The minimum absolute atomic E-state index is 0.0298. The van der Waals surface area contributed by atoms with E-state index in [4.69, 9.17) is 14.9 Å². The molecule has 0 bridgehead atoms. The Bertz CT molecular complexity index is 440. The summed E-state index contributed by atoms with van der Waals surface area (Å²) in [6.07, 6.45) is -1.03. The van der Waals surface area contributed by atoms with E-state index in [2.05, 4.69) is 5.32 Å². The highest BCUT2D eigenvalue weighted by molar-refractivity contribution is 6.01. The Morgan fingerprint density at radius 3 is 2.30 bits per heavy atom. The lowest BCUT2D eigenvalue weighted by Crippen LogP contribution is -2.47. The fourth-order valence-corrected chi connectivity index (χ4v) is 1.95. The third kappa shape index (κ3) is 6.15. The number of aliphatic hydroxyl groups excluding tert-OH is 1. The predicted molar refractivity (Wildman–Crippen MR) is 81.7 cm³/mol. The molecule has 3 N–H and O–H groups in total. The lowest BCUT2D eigenvalue weighted by Gasteiger charge is -2.22.